The number of amides is 1. The first-order valence-electron chi connectivity index (χ1n) is 10.1. The van der Waals surface area contributed by atoms with E-state index in [1.54, 1.807) is 24.3 Å². The van der Waals surface area contributed by atoms with Crippen LogP contribution in [0.1, 0.15) is 28.4 Å². The standard InChI is InChI=1S/C24H25FN2O4S/c1-3-31-23-14-6-18(7-15-23)16-26-24(28)20-8-12-22(13-9-20)27(32(2,29)30)17-19-4-10-21(25)11-5-19/h4-15H,3,16-17H2,1-2H3,(H,26,28). The molecule has 0 spiro atoms. The molecule has 3 rings (SSSR count). The summed E-state index contributed by atoms with van der Waals surface area (Å²) >= 11 is 0. The quantitative estimate of drug-likeness (QED) is 0.526. The van der Waals surface area contributed by atoms with Gasteiger partial charge in [-0.15, -0.1) is 0 Å². The van der Waals surface area contributed by atoms with E-state index in [9.17, 15) is 17.6 Å². The Hall–Kier alpha value is -3.39. The van der Waals surface area contributed by atoms with Gasteiger partial charge < -0.3 is 10.1 Å². The largest absolute Gasteiger partial charge is 0.494 e. The lowest BCUT2D eigenvalue weighted by Gasteiger charge is -2.22. The van der Waals surface area contributed by atoms with Gasteiger partial charge in [-0.1, -0.05) is 24.3 Å². The van der Waals surface area contributed by atoms with E-state index in [2.05, 4.69) is 5.32 Å². The molecule has 0 aromatic heterocycles. The van der Waals surface area contributed by atoms with E-state index in [1.807, 2.05) is 31.2 Å². The number of hydrogen-bond acceptors (Lipinski definition) is 4. The highest BCUT2D eigenvalue weighted by atomic mass is 32.2. The van der Waals surface area contributed by atoms with Crippen molar-refractivity contribution < 1.29 is 22.3 Å². The molecular formula is C24H25FN2O4S. The maximum Gasteiger partial charge on any atom is 0.251 e. The highest BCUT2D eigenvalue weighted by molar-refractivity contribution is 7.92. The zero-order valence-corrected chi connectivity index (χ0v) is 18.7. The third-order valence-electron chi connectivity index (χ3n) is 4.74. The molecule has 0 bridgehead atoms. The summed E-state index contributed by atoms with van der Waals surface area (Å²) in [5, 5.41) is 2.84. The molecule has 0 radical (unpaired) electrons. The number of halogens is 1. The molecule has 1 N–H and O–H groups in total. The van der Waals surface area contributed by atoms with Crippen molar-refractivity contribution >= 4 is 21.6 Å². The first-order chi connectivity index (χ1) is 15.3. The Bertz CT molecular complexity index is 1150. The molecule has 0 aliphatic heterocycles. The molecule has 3 aromatic rings. The van der Waals surface area contributed by atoms with Crippen molar-refractivity contribution in [3.63, 3.8) is 0 Å². The van der Waals surface area contributed by atoms with E-state index >= 15 is 0 Å². The van der Waals surface area contributed by atoms with Crippen molar-refractivity contribution in [3.05, 3.63) is 95.3 Å². The number of benzene rings is 3. The molecule has 3 aromatic carbocycles. The molecule has 168 valence electrons. The number of carbonyl (C=O) groups excluding carboxylic acids is 1. The second-order valence-electron chi connectivity index (χ2n) is 7.20. The van der Waals surface area contributed by atoms with Crippen LogP contribution in [-0.2, 0) is 23.1 Å². The number of anilines is 1. The zero-order chi connectivity index (χ0) is 23.1. The number of carbonyl (C=O) groups is 1. The molecule has 0 aliphatic rings. The highest BCUT2D eigenvalue weighted by Gasteiger charge is 2.18. The fraction of sp³-hybridized carbons (Fsp3) is 0.208. The average molecular weight is 457 g/mol. The van der Waals surface area contributed by atoms with Gasteiger partial charge in [-0.25, -0.2) is 12.8 Å². The maximum atomic E-state index is 13.1. The van der Waals surface area contributed by atoms with Gasteiger partial charge >= 0.3 is 0 Å². The zero-order valence-electron chi connectivity index (χ0n) is 17.9. The number of sulfonamides is 1. The summed E-state index contributed by atoms with van der Waals surface area (Å²) in [4.78, 5) is 12.5. The minimum absolute atomic E-state index is 0.0579. The van der Waals surface area contributed by atoms with Crippen LogP contribution in [0.5, 0.6) is 5.75 Å². The summed E-state index contributed by atoms with van der Waals surface area (Å²) in [5.74, 6) is 0.115. The van der Waals surface area contributed by atoms with Crippen LogP contribution < -0.4 is 14.4 Å². The molecule has 1 amide bonds. The summed E-state index contributed by atoms with van der Waals surface area (Å²) in [6.07, 6.45) is 1.11. The van der Waals surface area contributed by atoms with Crippen LogP contribution in [-0.4, -0.2) is 27.2 Å². The SMILES string of the molecule is CCOc1ccc(CNC(=O)c2ccc(N(Cc3ccc(F)cc3)S(C)(=O)=O)cc2)cc1. The Morgan fingerprint density at radius 1 is 0.938 bits per heavy atom. The van der Waals surface area contributed by atoms with Gasteiger partial charge in [0.05, 0.1) is 25.1 Å². The fourth-order valence-corrected chi connectivity index (χ4v) is 3.98. The Labute approximate surface area is 187 Å². The predicted octanol–water partition coefficient (Wildman–Crippen LogP) is 4.12. The van der Waals surface area contributed by atoms with E-state index in [0.29, 0.717) is 30.0 Å². The van der Waals surface area contributed by atoms with E-state index in [4.69, 9.17) is 4.74 Å². The van der Waals surface area contributed by atoms with Gasteiger partial charge in [0.25, 0.3) is 5.91 Å². The number of nitrogens with one attached hydrogen (secondary N) is 1. The molecule has 6 nitrogen and oxygen atoms in total. The monoisotopic (exact) mass is 456 g/mol. The molecule has 0 saturated heterocycles. The summed E-state index contributed by atoms with van der Waals surface area (Å²) in [5.41, 5.74) is 2.41. The predicted molar refractivity (Wildman–Crippen MR) is 123 cm³/mol. The summed E-state index contributed by atoms with van der Waals surface area (Å²) < 4.78 is 44.4. The second kappa shape index (κ2) is 10.3. The van der Waals surface area contributed by atoms with E-state index in [1.165, 1.54) is 28.6 Å². The molecule has 32 heavy (non-hydrogen) atoms. The van der Waals surface area contributed by atoms with E-state index in [-0.39, 0.29) is 18.3 Å². The topological polar surface area (TPSA) is 75.7 Å². The number of rotatable bonds is 9. The second-order valence-corrected chi connectivity index (χ2v) is 9.11. The van der Waals surface area contributed by atoms with Crippen LogP contribution in [0.25, 0.3) is 0 Å². The minimum Gasteiger partial charge on any atom is -0.494 e. The Balaban J connectivity index is 1.67. The molecular weight excluding hydrogens is 431 g/mol. The molecule has 0 heterocycles. The van der Waals surface area contributed by atoms with Crippen molar-refractivity contribution in [2.45, 2.75) is 20.0 Å². The van der Waals surface area contributed by atoms with Crippen molar-refractivity contribution in [3.8, 4) is 5.75 Å². The number of nitrogens with zero attached hydrogens (tertiary/aromatic N) is 1. The van der Waals surface area contributed by atoms with Gasteiger partial charge in [-0.05, 0) is 66.6 Å². The lowest BCUT2D eigenvalue weighted by Crippen LogP contribution is -2.29. The van der Waals surface area contributed by atoms with Crippen molar-refractivity contribution in [1.82, 2.24) is 5.32 Å². The van der Waals surface area contributed by atoms with E-state index in [0.717, 1.165) is 17.6 Å². The third kappa shape index (κ3) is 6.31. The van der Waals surface area contributed by atoms with Gasteiger partial charge in [-0.2, -0.15) is 0 Å². The number of ether oxygens (including phenoxy) is 1. The van der Waals surface area contributed by atoms with Crippen LogP contribution in [0.15, 0.2) is 72.8 Å². The van der Waals surface area contributed by atoms with Crippen molar-refractivity contribution in [2.24, 2.45) is 0 Å². The van der Waals surface area contributed by atoms with Crippen molar-refractivity contribution in [2.75, 3.05) is 17.2 Å². The summed E-state index contributed by atoms with van der Waals surface area (Å²) in [7, 11) is -3.58. The first-order valence-corrected chi connectivity index (χ1v) is 11.9. The van der Waals surface area contributed by atoms with Crippen LogP contribution in [0.3, 0.4) is 0 Å². The van der Waals surface area contributed by atoms with E-state index < -0.39 is 10.0 Å². The van der Waals surface area contributed by atoms with Gasteiger partial charge in [0.2, 0.25) is 10.0 Å². The lowest BCUT2D eigenvalue weighted by atomic mass is 10.1. The lowest BCUT2D eigenvalue weighted by molar-refractivity contribution is 0.0951. The minimum atomic E-state index is -3.58. The third-order valence-corrected chi connectivity index (χ3v) is 5.89. The van der Waals surface area contributed by atoms with Crippen LogP contribution in [0.2, 0.25) is 0 Å². The smallest absolute Gasteiger partial charge is 0.251 e. The van der Waals surface area contributed by atoms with Crippen LogP contribution in [0.4, 0.5) is 10.1 Å². The Kier molecular flexibility index (Phi) is 7.48. The van der Waals surface area contributed by atoms with Crippen LogP contribution >= 0.6 is 0 Å². The molecule has 0 saturated carbocycles. The average Bonchev–Trinajstić information content (AvgIpc) is 2.77. The van der Waals surface area contributed by atoms with Gasteiger partial charge in [0.1, 0.15) is 11.6 Å². The summed E-state index contributed by atoms with van der Waals surface area (Å²) in [6, 6.07) is 19.4. The Morgan fingerprint density at radius 3 is 2.09 bits per heavy atom. The maximum absolute atomic E-state index is 13.1. The Morgan fingerprint density at radius 2 is 1.53 bits per heavy atom. The van der Waals surface area contributed by atoms with Crippen LogP contribution in [0, 0.1) is 5.82 Å². The fourth-order valence-electron chi connectivity index (χ4n) is 3.09. The molecule has 0 fully saturated rings. The molecule has 0 unspecified atom stereocenters. The van der Waals surface area contributed by atoms with Gasteiger partial charge in [-0.3, -0.25) is 9.10 Å². The van der Waals surface area contributed by atoms with Crippen molar-refractivity contribution in [1.29, 1.82) is 0 Å². The first kappa shape index (κ1) is 23.3. The number of hydrogen-bond donors (Lipinski definition) is 1. The van der Waals surface area contributed by atoms with Gasteiger partial charge in [0, 0.05) is 12.1 Å². The molecule has 0 atom stereocenters. The van der Waals surface area contributed by atoms with Gasteiger partial charge in [0.15, 0.2) is 0 Å². The normalized spacial score (nSPS) is 11.1. The molecule has 8 heteroatoms. The molecule has 0 aliphatic carbocycles. The highest BCUT2D eigenvalue weighted by Crippen LogP contribution is 2.21. The summed E-state index contributed by atoms with van der Waals surface area (Å²) in [6.45, 7) is 2.92.